The van der Waals surface area contributed by atoms with Gasteiger partial charge < -0.3 is 9.67 Å². The lowest BCUT2D eigenvalue weighted by Gasteiger charge is -2.05. The molecule has 2 heterocycles. The van der Waals surface area contributed by atoms with Gasteiger partial charge in [0.1, 0.15) is 10.7 Å². The van der Waals surface area contributed by atoms with Crippen LogP contribution in [0.25, 0.3) is 0 Å². The molecule has 2 aromatic heterocycles. The predicted molar refractivity (Wildman–Crippen MR) is 75.7 cm³/mol. The number of aromatic nitrogens is 2. The maximum Gasteiger partial charge on any atom is 0.264 e. The molecular weight excluding hydrogens is 278 g/mol. The first kappa shape index (κ1) is 14.5. The van der Waals surface area contributed by atoms with E-state index in [0.29, 0.717) is 12.2 Å². The molecule has 0 aliphatic rings. The Bertz CT molecular complexity index is 665. The van der Waals surface area contributed by atoms with Crippen molar-refractivity contribution in [3.63, 3.8) is 0 Å². The highest BCUT2D eigenvalue weighted by atomic mass is 32.2. The largest absolute Gasteiger partial charge is 0.390 e. The van der Waals surface area contributed by atoms with Crippen LogP contribution in [0.15, 0.2) is 41.6 Å². The number of aliphatic hydroxyl groups excluding tert-OH is 1. The number of rotatable bonds is 6. The molecule has 0 amide bonds. The molecule has 2 aromatic rings. The Balaban J connectivity index is 2.30. The minimum atomic E-state index is -3.69. The molecule has 20 heavy (non-hydrogen) atoms. The monoisotopic (exact) mass is 295 g/mol. The summed E-state index contributed by atoms with van der Waals surface area (Å²) in [6.07, 6.45) is 3.90. The molecule has 6 nitrogen and oxygen atoms in total. The molecule has 7 heteroatoms. The summed E-state index contributed by atoms with van der Waals surface area (Å²) in [7, 11) is -3.69. The van der Waals surface area contributed by atoms with Crippen LogP contribution in [0.3, 0.4) is 0 Å². The first-order valence-corrected chi connectivity index (χ1v) is 7.79. The maximum absolute atomic E-state index is 12.2. The van der Waals surface area contributed by atoms with Gasteiger partial charge in [-0.05, 0) is 24.6 Å². The molecule has 0 saturated carbocycles. The van der Waals surface area contributed by atoms with Crippen LogP contribution in [0.1, 0.15) is 19.0 Å². The SMILES string of the molecule is CCCn1cc(S(=O)(=O)Nc2ccccn2)cc1CO. The third kappa shape index (κ3) is 3.17. The molecule has 0 atom stereocenters. The Labute approximate surface area is 118 Å². The van der Waals surface area contributed by atoms with E-state index in [4.69, 9.17) is 0 Å². The fraction of sp³-hybridized carbons (Fsp3) is 0.308. The van der Waals surface area contributed by atoms with Crippen LogP contribution in [-0.2, 0) is 23.2 Å². The highest BCUT2D eigenvalue weighted by Crippen LogP contribution is 2.18. The van der Waals surface area contributed by atoms with Gasteiger partial charge in [-0.25, -0.2) is 13.4 Å². The van der Waals surface area contributed by atoms with Crippen molar-refractivity contribution < 1.29 is 13.5 Å². The number of hydrogen-bond donors (Lipinski definition) is 2. The van der Waals surface area contributed by atoms with Gasteiger partial charge in [-0.15, -0.1) is 0 Å². The second-order valence-corrected chi connectivity index (χ2v) is 6.02. The lowest BCUT2D eigenvalue weighted by atomic mass is 10.4. The number of pyridine rings is 1. The Hall–Kier alpha value is -1.86. The first-order chi connectivity index (χ1) is 9.56. The van der Waals surface area contributed by atoms with E-state index in [2.05, 4.69) is 9.71 Å². The maximum atomic E-state index is 12.2. The smallest absolute Gasteiger partial charge is 0.264 e. The molecule has 0 aliphatic heterocycles. The van der Waals surface area contributed by atoms with Crippen molar-refractivity contribution in [2.24, 2.45) is 0 Å². The van der Waals surface area contributed by atoms with E-state index in [1.807, 2.05) is 6.92 Å². The summed E-state index contributed by atoms with van der Waals surface area (Å²) in [6.45, 7) is 2.45. The third-order valence-electron chi connectivity index (χ3n) is 2.80. The van der Waals surface area contributed by atoms with Gasteiger partial charge in [0.2, 0.25) is 0 Å². The zero-order chi connectivity index (χ0) is 14.6. The second kappa shape index (κ2) is 6.06. The normalized spacial score (nSPS) is 11.5. The van der Waals surface area contributed by atoms with E-state index in [1.165, 1.54) is 18.5 Å². The molecule has 0 saturated heterocycles. The van der Waals surface area contributed by atoms with Crippen molar-refractivity contribution in [2.45, 2.75) is 31.4 Å². The number of sulfonamides is 1. The summed E-state index contributed by atoms with van der Waals surface area (Å²) in [4.78, 5) is 4.05. The minimum absolute atomic E-state index is 0.126. The van der Waals surface area contributed by atoms with E-state index in [-0.39, 0.29) is 17.3 Å². The van der Waals surface area contributed by atoms with Crippen molar-refractivity contribution in [3.8, 4) is 0 Å². The summed E-state index contributed by atoms with van der Waals surface area (Å²) in [5.41, 5.74) is 0.577. The molecule has 0 radical (unpaired) electrons. The van der Waals surface area contributed by atoms with Crippen LogP contribution >= 0.6 is 0 Å². The van der Waals surface area contributed by atoms with Crippen LogP contribution in [0.4, 0.5) is 5.82 Å². The van der Waals surface area contributed by atoms with Gasteiger partial charge in [0.05, 0.1) is 6.61 Å². The zero-order valence-corrected chi connectivity index (χ0v) is 12.0. The van der Waals surface area contributed by atoms with Crippen molar-refractivity contribution in [1.82, 2.24) is 9.55 Å². The van der Waals surface area contributed by atoms with Gasteiger partial charge in [0.25, 0.3) is 10.0 Å². The lowest BCUT2D eigenvalue weighted by molar-refractivity contribution is 0.270. The van der Waals surface area contributed by atoms with E-state index in [9.17, 15) is 13.5 Å². The highest BCUT2D eigenvalue weighted by Gasteiger charge is 2.18. The van der Waals surface area contributed by atoms with Crippen LogP contribution < -0.4 is 4.72 Å². The van der Waals surface area contributed by atoms with E-state index in [0.717, 1.165) is 6.42 Å². The van der Waals surface area contributed by atoms with Crippen molar-refractivity contribution in [2.75, 3.05) is 4.72 Å². The number of aliphatic hydroxyl groups is 1. The fourth-order valence-corrected chi connectivity index (χ4v) is 2.94. The molecule has 0 fully saturated rings. The average Bonchev–Trinajstić information content (AvgIpc) is 2.84. The first-order valence-electron chi connectivity index (χ1n) is 6.30. The number of nitrogens with one attached hydrogen (secondary N) is 1. The Morgan fingerprint density at radius 1 is 1.40 bits per heavy atom. The van der Waals surface area contributed by atoms with Crippen molar-refractivity contribution in [3.05, 3.63) is 42.4 Å². The second-order valence-electron chi connectivity index (χ2n) is 4.34. The Morgan fingerprint density at radius 2 is 2.20 bits per heavy atom. The highest BCUT2D eigenvalue weighted by molar-refractivity contribution is 7.92. The summed E-state index contributed by atoms with van der Waals surface area (Å²) < 4.78 is 28.6. The van der Waals surface area contributed by atoms with E-state index in [1.54, 1.807) is 22.8 Å². The van der Waals surface area contributed by atoms with Crippen molar-refractivity contribution in [1.29, 1.82) is 0 Å². The summed E-state index contributed by atoms with van der Waals surface area (Å²) in [5, 5.41) is 9.27. The minimum Gasteiger partial charge on any atom is -0.390 e. The average molecular weight is 295 g/mol. The number of anilines is 1. The quantitative estimate of drug-likeness (QED) is 0.847. The van der Waals surface area contributed by atoms with Gasteiger partial charge in [-0.3, -0.25) is 4.72 Å². The van der Waals surface area contributed by atoms with Crippen LogP contribution in [0, 0.1) is 0 Å². The van der Waals surface area contributed by atoms with Gasteiger partial charge in [0, 0.05) is 24.6 Å². The van der Waals surface area contributed by atoms with E-state index >= 15 is 0 Å². The molecule has 0 bridgehead atoms. The standard InChI is InChI=1S/C13H17N3O3S/c1-2-7-16-9-12(8-11(16)10-17)20(18,19)15-13-5-3-4-6-14-13/h3-6,8-9,17H,2,7,10H2,1H3,(H,14,15). The van der Waals surface area contributed by atoms with E-state index < -0.39 is 10.0 Å². The zero-order valence-electron chi connectivity index (χ0n) is 11.2. The third-order valence-corrected chi connectivity index (χ3v) is 4.12. The van der Waals surface area contributed by atoms with Gasteiger partial charge in [-0.2, -0.15) is 0 Å². The summed E-state index contributed by atoms with van der Waals surface area (Å²) >= 11 is 0. The molecule has 2 N–H and O–H groups in total. The number of hydrogen-bond acceptors (Lipinski definition) is 4. The molecule has 0 aliphatic carbocycles. The molecular formula is C13H17N3O3S. The lowest BCUT2D eigenvalue weighted by Crippen LogP contribution is -2.13. The van der Waals surface area contributed by atoms with Crippen LogP contribution in [0.2, 0.25) is 0 Å². The number of aryl methyl sites for hydroxylation is 1. The Kier molecular flexibility index (Phi) is 4.41. The summed E-state index contributed by atoms with van der Waals surface area (Å²) in [6, 6.07) is 6.46. The molecule has 0 aromatic carbocycles. The molecule has 0 unspecified atom stereocenters. The van der Waals surface area contributed by atoms with Gasteiger partial charge in [0.15, 0.2) is 0 Å². The molecule has 2 rings (SSSR count). The Morgan fingerprint density at radius 3 is 2.80 bits per heavy atom. The van der Waals surface area contributed by atoms with Gasteiger partial charge >= 0.3 is 0 Å². The van der Waals surface area contributed by atoms with Crippen molar-refractivity contribution >= 4 is 15.8 Å². The number of nitrogens with zero attached hydrogens (tertiary/aromatic N) is 2. The van der Waals surface area contributed by atoms with Gasteiger partial charge in [-0.1, -0.05) is 13.0 Å². The topological polar surface area (TPSA) is 84.2 Å². The molecule has 108 valence electrons. The molecule has 0 spiro atoms. The van der Waals surface area contributed by atoms with Crippen LogP contribution in [-0.4, -0.2) is 23.1 Å². The van der Waals surface area contributed by atoms with Crippen LogP contribution in [0.5, 0.6) is 0 Å². The summed E-state index contributed by atoms with van der Waals surface area (Å²) in [5.74, 6) is 0.265. The predicted octanol–water partition coefficient (Wildman–Crippen LogP) is 1.59. The fourth-order valence-electron chi connectivity index (χ4n) is 1.87.